The van der Waals surface area contributed by atoms with Gasteiger partial charge in [0.2, 0.25) is 0 Å². The van der Waals surface area contributed by atoms with Gasteiger partial charge in [0.1, 0.15) is 0 Å². The van der Waals surface area contributed by atoms with E-state index in [1.54, 1.807) is 0 Å². The van der Waals surface area contributed by atoms with Crippen LogP contribution in [0.1, 0.15) is 50.4 Å². The normalized spacial score (nSPS) is 17.8. The Kier molecular flexibility index (Phi) is 5.59. The summed E-state index contributed by atoms with van der Waals surface area (Å²) in [6, 6.07) is 6.10. The minimum Gasteiger partial charge on any atom is -0.356 e. The summed E-state index contributed by atoms with van der Waals surface area (Å²) in [4.78, 5) is 8.82. The molecule has 2 N–H and O–H groups in total. The summed E-state index contributed by atoms with van der Waals surface area (Å²) in [6.07, 6.45) is 6.67. The molecule has 1 heterocycles. The summed E-state index contributed by atoms with van der Waals surface area (Å²) in [6.45, 7) is 6.05. The van der Waals surface area contributed by atoms with E-state index in [1.165, 1.54) is 32.1 Å². The lowest BCUT2D eigenvalue weighted by molar-refractivity contribution is 0.283. The Balaban J connectivity index is 1.83. The number of rotatable bonds is 5. The average molecular weight is 288 g/mol. The number of hydrogen-bond donors (Lipinski definition) is 2. The van der Waals surface area contributed by atoms with Gasteiger partial charge in [0.25, 0.3) is 0 Å². The molecule has 0 spiro atoms. The third-order valence-corrected chi connectivity index (χ3v) is 4.65. The Morgan fingerprint density at radius 3 is 2.67 bits per heavy atom. The summed E-state index contributed by atoms with van der Waals surface area (Å²) in [5.41, 5.74) is 2.57. The van der Waals surface area contributed by atoms with E-state index in [0.717, 1.165) is 23.9 Å². The molecule has 0 bridgehead atoms. The molecular weight excluding hydrogens is 260 g/mol. The van der Waals surface area contributed by atoms with Crippen molar-refractivity contribution in [2.45, 2.75) is 52.5 Å². The van der Waals surface area contributed by atoms with Gasteiger partial charge in [-0.25, -0.2) is 0 Å². The number of aryl methyl sites for hydroxylation is 1. The molecule has 1 aromatic rings. The SMILES string of the molecule is CCC1(CNC(=NC)NCc2cccc(C)n2)CCCC1. The Morgan fingerprint density at radius 1 is 1.29 bits per heavy atom. The fraction of sp³-hybridized carbons (Fsp3) is 0.647. The molecule has 1 aliphatic carbocycles. The zero-order valence-corrected chi connectivity index (χ0v) is 13.6. The van der Waals surface area contributed by atoms with Crippen molar-refractivity contribution in [3.8, 4) is 0 Å². The topological polar surface area (TPSA) is 49.3 Å². The molecule has 1 aromatic heterocycles. The maximum absolute atomic E-state index is 4.50. The lowest BCUT2D eigenvalue weighted by Gasteiger charge is -2.28. The first-order valence-electron chi connectivity index (χ1n) is 8.04. The summed E-state index contributed by atoms with van der Waals surface area (Å²) in [7, 11) is 1.83. The van der Waals surface area contributed by atoms with Crippen LogP contribution in [0.3, 0.4) is 0 Å². The van der Waals surface area contributed by atoms with Crippen LogP contribution in [0.25, 0.3) is 0 Å². The molecule has 0 aliphatic heterocycles. The van der Waals surface area contributed by atoms with Crippen LogP contribution >= 0.6 is 0 Å². The molecule has 0 aromatic carbocycles. The number of nitrogens with zero attached hydrogens (tertiary/aromatic N) is 2. The molecule has 0 amide bonds. The highest BCUT2D eigenvalue weighted by molar-refractivity contribution is 5.79. The van der Waals surface area contributed by atoms with Crippen LogP contribution < -0.4 is 10.6 Å². The number of aromatic nitrogens is 1. The van der Waals surface area contributed by atoms with Crippen molar-refractivity contribution in [1.82, 2.24) is 15.6 Å². The molecule has 0 unspecified atom stereocenters. The van der Waals surface area contributed by atoms with Gasteiger partial charge in [0, 0.05) is 19.3 Å². The molecular formula is C17H28N4. The first kappa shape index (κ1) is 15.8. The molecule has 0 atom stereocenters. The van der Waals surface area contributed by atoms with Crippen molar-refractivity contribution in [1.29, 1.82) is 0 Å². The summed E-state index contributed by atoms with van der Waals surface area (Å²) < 4.78 is 0. The molecule has 0 radical (unpaired) electrons. The summed E-state index contributed by atoms with van der Waals surface area (Å²) in [5, 5.41) is 6.85. The lowest BCUT2D eigenvalue weighted by atomic mass is 9.83. The van der Waals surface area contributed by atoms with Gasteiger partial charge in [-0.05, 0) is 43.7 Å². The highest BCUT2D eigenvalue weighted by Crippen LogP contribution is 2.40. The first-order valence-corrected chi connectivity index (χ1v) is 8.04. The largest absolute Gasteiger partial charge is 0.356 e. The van der Waals surface area contributed by atoms with Crippen molar-refractivity contribution < 1.29 is 0 Å². The highest BCUT2D eigenvalue weighted by Gasteiger charge is 2.31. The van der Waals surface area contributed by atoms with Crippen LogP contribution in [-0.2, 0) is 6.54 Å². The van der Waals surface area contributed by atoms with Gasteiger partial charge in [-0.1, -0.05) is 25.8 Å². The van der Waals surface area contributed by atoms with Crippen LogP contribution in [-0.4, -0.2) is 24.5 Å². The second-order valence-corrected chi connectivity index (χ2v) is 6.11. The van der Waals surface area contributed by atoms with Gasteiger partial charge in [-0.3, -0.25) is 9.98 Å². The van der Waals surface area contributed by atoms with E-state index >= 15 is 0 Å². The van der Waals surface area contributed by atoms with E-state index in [9.17, 15) is 0 Å². The predicted octanol–water partition coefficient (Wildman–Crippen LogP) is 3.03. The van der Waals surface area contributed by atoms with Crippen LogP contribution in [0.5, 0.6) is 0 Å². The number of pyridine rings is 1. The molecule has 116 valence electrons. The molecule has 2 rings (SSSR count). The van der Waals surface area contributed by atoms with Gasteiger partial charge in [-0.15, -0.1) is 0 Å². The zero-order chi connectivity index (χ0) is 15.1. The molecule has 1 fully saturated rings. The van der Waals surface area contributed by atoms with E-state index in [4.69, 9.17) is 0 Å². The van der Waals surface area contributed by atoms with Crippen molar-refractivity contribution in [3.63, 3.8) is 0 Å². The Morgan fingerprint density at radius 2 is 2.05 bits per heavy atom. The van der Waals surface area contributed by atoms with E-state index in [2.05, 4.69) is 27.5 Å². The second kappa shape index (κ2) is 7.43. The van der Waals surface area contributed by atoms with Crippen LogP contribution in [0, 0.1) is 12.3 Å². The van der Waals surface area contributed by atoms with E-state index in [-0.39, 0.29) is 0 Å². The van der Waals surface area contributed by atoms with E-state index in [0.29, 0.717) is 12.0 Å². The smallest absolute Gasteiger partial charge is 0.191 e. The number of nitrogens with one attached hydrogen (secondary N) is 2. The standard InChI is InChI=1S/C17H28N4/c1-4-17(10-5-6-11-17)13-20-16(18-3)19-12-15-9-7-8-14(2)21-15/h7-9H,4-6,10-13H2,1-3H3,(H2,18,19,20). The lowest BCUT2D eigenvalue weighted by Crippen LogP contribution is -2.42. The second-order valence-electron chi connectivity index (χ2n) is 6.11. The molecule has 4 nitrogen and oxygen atoms in total. The van der Waals surface area contributed by atoms with Gasteiger partial charge >= 0.3 is 0 Å². The summed E-state index contributed by atoms with van der Waals surface area (Å²) in [5.74, 6) is 0.873. The summed E-state index contributed by atoms with van der Waals surface area (Å²) >= 11 is 0. The number of aliphatic imine (C=N–C) groups is 1. The van der Waals surface area contributed by atoms with Crippen LogP contribution in [0.4, 0.5) is 0 Å². The molecule has 21 heavy (non-hydrogen) atoms. The third kappa shape index (κ3) is 4.45. The quantitative estimate of drug-likeness (QED) is 0.647. The fourth-order valence-corrected chi connectivity index (χ4v) is 3.14. The van der Waals surface area contributed by atoms with Crippen molar-refractivity contribution in [2.24, 2.45) is 10.4 Å². The third-order valence-electron chi connectivity index (χ3n) is 4.65. The minimum atomic E-state index is 0.471. The van der Waals surface area contributed by atoms with Gasteiger partial charge in [-0.2, -0.15) is 0 Å². The number of hydrogen-bond acceptors (Lipinski definition) is 2. The Hall–Kier alpha value is -1.58. The maximum Gasteiger partial charge on any atom is 0.191 e. The number of guanidine groups is 1. The fourth-order valence-electron chi connectivity index (χ4n) is 3.14. The zero-order valence-electron chi connectivity index (χ0n) is 13.6. The van der Waals surface area contributed by atoms with Crippen molar-refractivity contribution in [2.75, 3.05) is 13.6 Å². The van der Waals surface area contributed by atoms with Gasteiger partial charge < -0.3 is 10.6 Å². The van der Waals surface area contributed by atoms with Gasteiger partial charge in [0.05, 0.1) is 12.2 Å². The van der Waals surface area contributed by atoms with E-state index < -0.39 is 0 Å². The highest BCUT2D eigenvalue weighted by atomic mass is 15.2. The predicted molar refractivity (Wildman–Crippen MR) is 88.4 cm³/mol. The maximum atomic E-state index is 4.50. The first-order chi connectivity index (χ1) is 10.2. The van der Waals surface area contributed by atoms with E-state index in [1.807, 2.05) is 32.2 Å². The monoisotopic (exact) mass is 288 g/mol. The molecule has 4 heteroatoms. The minimum absolute atomic E-state index is 0.471. The molecule has 0 saturated heterocycles. The molecule has 1 aliphatic rings. The Labute approximate surface area is 128 Å². The van der Waals surface area contributed by atoms with Gasteiger partial charge in [0.15, 0.2) is 5.96 Å². The van der Waals surface area contributed by atoms with Crippen molar-refractivity contribution >= 4 is 5.96 Å². The Bertz CT molecular complexity index is 475. The molecule has 1 saturated carbocycles. The average Bonchev–Trinajstić information content (AvgIpc) is 2.97. The van der Waals surface area contributed by atoms with Crippen LogP contribution in [0.15, 0.2) is 23.2 Å². The van der Waals surface area contributed by atoms with Crippen molar-refractivity contribution in [3.05, 3.63) is 29.6 Å². The van der Waals surface area contributed by atoms with Crippen LogP contribution in [0.2, 0.25) is 0 Å².